The van der Waals surface area contributed by atoms with E-state index in [1.54, 1.807) is 19.2 Å². The van der Waals surface area contributed by atoms with Gasteiger partial charge in [-0.15, -0.1) is 11.3 Å². The standard InChI is InChI=1S/C15H14N4O2S/c1-2-19-14(21)12(9-18-10-6-4-3-5-7-10)22-15(19)11(8-16)13(17)20/h3-7,9,18H,2H2,1H3,(H2,17,20)/b12-9+,15-11-. The average Bonchev–Trinajstić information content (AvgIpc) is 2.82. The van der Waals surface area contributed by atoms with Crippen molar-refractivity contribution in [3.63, 3.8) is 0 Å². The van der Waals surface area contributed by atoms with Crippen molar-refractivity contribution in [1.82, 2.24) is 4.57 Å². The zero-order chi connectivity index (χ0) is 16.1. The Hall–Kier alpha value is -2.85. The number of para-hydroxylation sites is 1. The molecule has 0 saturated heterocycles. The van der Waals surface area contributed by atoms with E-state index in [1.165, 1.54) is 4.57 Å². The first-order chi connectivity index (χ1) is 10.6. The fourth-order valence-corrected chi connectivity index (χ4v) is 2.98. The third-order valence-electron chi connectivity index (χ3n) is 2.94. The molecule has 0 bridgehead atoms. The summed E-state index contributed by atoms with van der Waals surface area (Å²) >= 11 is 1.06. The molecule has 0 saturated carbocycles. The maximum absolute atomic E-state index is 12.3. The summed E-state index contributed by atoms with van der Waals surface area (Å²) in [6, 6.07) is 11.1. The molecular weight excluding hydrogens is 300 g/mol. The summed E-state index contributed by atoms with van der Waals surface area (Å²) < 4.78 is 2.05. The molecule has 1 aromatic heterocycles. The van der Waals surface area contributed by atoms with Crippen molar-refractivity contribution in [2.24, 2.45) is 5.73 Å². The van der Waals surface area contributed by atoms with Crippen LogP contribution in [-0.4, -0.2) is 10.5 Å². The van der Waals surface area contributed by atoms with Crippen LogP contribution in [0, 0.1) is 11.3 Å². The topological polar surface area (TPSA) is 101 Å². The van der Waals surface area contributed by atoms with Gasteiger partial charge < -0.3 is 11.1 Å². The fraction of sp³-hybridized carbons (Fsp3) is 0.133. The molecule has 0 fully saturated rings. The number of carbonyl (C=O) groups is 1. The number of rotatable bonds is 4. The summed E-state index contributed by atoms with van der Waals surface area (Å²) in [5.41, 5.74) is 5.56. The van der Waals surface area contributed by atoms with E-state index in [0.717, 1.165) is 17.0 Å². The van der Waals surface area contributed by atoms with Crippen LogP contribution in [0.1, 0.15) is 6.92 Å². The summed E-state index contributed by atoms with van der Waals surface area (Å²) in [6.07, 6.45) is 1.56. The van der Waals surface area contributed by atoms with E-state index in [0.29, 0.717) is 11.1 Å². The zero-order valence-electron chi connectivity index (χ0n) is 11.9. The Bertz CT molecular complexity index is 904. The Morgan fingerprint density at radius 3 is 2.68 bits per heavy atom. The lowest BCUT2D eigenvalue weighted by Gasteiger charge is -1.97. The number of nitrogens with two attached hydrogens (primary N) is 1. The number of hydrogen-bond donors (Lipinski definition) is 2. The highest BCUT2D eigenvalue weighted by atomic mass is 32.1. The van der Waals surface area contributed by atoms with Gasteiger partial charge in [0.05, 0.1) is 0 Å². The predicted molar refractivity (Wildman–Crippen MR) is 86.2 cm³/mol. The van der Waals surface area contributed by atoms with E-state index >= 15 is 0 Å². The molecule has 0 atom stereocenters. The molecule has 112 valence electrons. The fourth-order valence-electron chi connectivity index (χ4n) is 1.88. The summed E-state index contributed by atoms with van der Waals surface area (Å²) in [5.74, 6) is -0.839. The molecule has 3 N–H and O–H groups in total. The van der Waals surface area contributed by atoms with Gasteiger partial charge in [-0.25, -0.2) is 0 Å². The van der Waals surface area contributed by atoms with Gasteiger partial charge in [0.1, 0.15) is 15.3 Å². The molecule has 2 aromatic rings. The molecular formula is C15H14N4O2S. The highest BCUT2D eigenvalue weighted by Crippen LogP contribution is 2.04. The van der Waals surface area contributed by atoms with Crippen LogP contribution in [0.5, 0.6) is 0 Å². The quantitative estimate of drug-likeness (QED) is 0.825. The third-order valence-corrected chi connectivity index (χ3v) is 4.07. The minimum atomic E-state index is -0.839. The summed E-state index contributed by atoms with van der Waals surface area (Å²) in [4.78, 5) is 23.6. The third kappa shape index (κ3) is 3.07. The molecule has 1 heterocycles. The number of primary amides is 1. The molecule has 1 aromatic carbocycles. The lowest BCUT2D eigenvalue weighted by atomic mass is 10.3. The maximum atomic E-state index is 12.3. The Kier molecular flexibility index (Phi) is 4.76. The van der Waals surface area contributed by atoms with Crippen LogP contribution in [0.2, 0.25) is 0 Å². The van der Waals surface area contributed by atoms with Gasteiger partial charge in [0.25, 0.3) is 11.5 Å². The summed E-state index contributed by atoms with van der Waals surface area (Å²) in [7, 11) is 0. The van der Waals surface area contributed by atoms with Gasteiger partial charge in [0.2, 0.25) is 0 Å². The van der Waals surface area contributed by atoms with Crippen molar-refractivity contribution in [3.8, 4) is 6.07 Å². The van der Waals surface area contributed by atoms with Crippen LogP contribution in [0.3, 0.4) is 0 Å². The first kappa shape index (κ1) is 15.5. The summed E-state index contributed by atoms with van der Waals surface area (Å²) in [5, 5.41) is 12.1. The Morgan fingerprint density at radius 2 is 2.14 bits per heavy atom. The molecule has 0 aliphatic rings. The molecule has 0 spiro atoms. The van der Waals surface area contributed by atoms with E-state index in [-0.39, 0.29) is 15.8 Å². The number of aromatic nitrogens is 1. The van der Waals surface area contributed by atoms with Crippen molar-refractivity contribution < 1.29 is 4.79 Å². The van der Waals surface area contributed by atoms with Crippen LogP contribution in [-0.2, 0) is 11.3 Å². The normalized spacial score (nSPS) is 12.6. The molecule has 22 heavy (non-hydrogen) atoms. The number of nitrogens with one attached hydrogen (secondary N) is 1. The van der Waals surface area contributed by atoms with Crippen molar-refractivity contribution >= 4 is 34.7 Å². The van der Waals surface area contributed by atoms with Crippen LogP contribution >= 0.6 is 11.3 Å². The van der Waals surface area contributed by atoms with Crippen LogP contribution < -0.4 is 25.8 Å². The van der Waals surface area contributed by atoms with Gasteiger partial charge in [0, 0.05) is 18.4 Å². The van der Waals surface area contributed by atoms with E-state index in [4.69, 9.17) is 11.0 Å². The van der Waals surface area contributed by atoms with Crippen LogP contribution in [0.4, 0.5) is 5.69 Å². The van der Waals surface area contributed by atoms with E-state index in [2.05, 4.69) is 5.32 Å². The smallest absolute Gasteiger partial charge is 0.270 e. The number of hydrogen-bond acceptors (Lipinski definition) is 5. The lowest BCUT2D eigenvalue weighted by molar-refractivity contribution is -0.112. The van der Waals surface area contributed by atoms with Crippen molar-refractivity contribution in [1.29, 1.82) is 5.26 Å². The molecule has 0 radical (unpaired) electrons. The number of nitriles is 1. The molecule has 0 aliphatic heterocycles. The van der Waals surface area contributed by atoms with Crippen molar-refractivity contribution in [3.05, 3.63) is 49.9 Å². The number of thiazole rings is 1. The van der Waals surface area contributed by atoms with E-state index in [9.17, 15) is 9.59 Å². The Balaban J connectivity index is 2.62. The van der Waals surface area contributed by atoms with Crippen molar-refractivity contribution in [2.75, 3.05) is 5.32 Å². The second-order valence-electron chi connectivity index (χ2n) is 4.33. The van der Waals surface area contributed by atoms with Gasteiger partial charge in [0.15, 0.2) is 5.57 Å². The SMILES string of the molecule is CCn1c(=O)/c(=C\Nc2ccccc2)s/c1=C(/C#N)C(N)=O. The minimum Gasteiger partial charge on any atom is -0.365 e. The van der Waals surface area contributed by atoms with Crippen molar-refractivity contribution in [2.45, 2.75) is 13.5 Å². The second kappa shape index (κ2) is 6.74. The van der Waals surface area contributed by atoms with Gasteiger partial charge in [-0.3, -0.25) is 14.2 Å². The molecule has 7 heteroatoms. The second-order valence-corrected chi connectivity index (χ2v) is 5.36. The zero-order valence-corrected chi connectivity index (χ0v) is 12.7. The van der Waals surface area contributed by atoms with Gasteiger partial charge >= 0.3 is 0 Å². The molecule has 2 rings (SSSR count). The van der Waals surface area contributed by atoms with E-state index in [1.807, 2.05) is 30.3 Å². The largest absolute Gasteiger partial charge is 0.365 e. The number of anilines is 1. The molecule has 0 aliphatic carbocycles. The monoisotopic (exact) mass is 314 g/mol. The first-order valence-corrected chi connectivity index (χ1v) is 7.35. The Morgan fingerprint density at radius 1 is 1.45 bits per heavy atom. The minimum absolute atomic E-state index is 0.205. The number of carbonyl (C=O) groups excluding carboxylic acids is 1. The average molecular weight is 314 g/mol. The number of benzene rings is 1. The van der Waals surface area contributed by atoms with Gasteiger partial charge in [-0.1, -0.05) is 18.2 Å². The molecule has 0 unspecified atom stereocenters. The lowest BCUT2D eigenvalue weighted by Crippen LogP contribution is -2.33. The summed E-state index contributed by atoms with van der Waals surface area (Å²) in [6.45, 7) is 2.12. The highest BCUT2D eigenvalue weighted by molar-refractivity contribution is 7.07. The first-order valence-electron chi connectivity index (χ1n) is 6.54. The molecule has 1 amide bonds. The predicted octanol–water partition coefficient (Wildman–Crippen LogP) is -0.0606. The number of nitrogens with zero attached hydrogens (tertiary/aromatic N) is 2. The highest BCUT2D eigenvalue weighted by Gasteiger charge is 2.11. The van der Waals surface area contributed by atoms with E-state index < -0.39 is 5.91 Å². The Labute approximate surface area is 130 Å². The molecule has 6 nitrogen and oxygen atoms in total. The van der Waals surface area contributed by atoms with Gasteiger partial charge in [-0.05, 0) is 19.1 Å². The van der Waals surface area contributed by atoms with Gasteiger partial charge in [-0.2, -0.15) is 5.26 Å². The maximum Gasteiger partial charge on any atom is 0.270 e. The van der Waals surface area contributed by atoms with Crippen LogP contribution in [0.25, 0.3) is 11.8 Å². The van der Waals surface area contributed by atoms with Crippen LogP contribution in [0.15, 0.2) is 35.1 Å². The number of amides is 1.